The summed E-state index contributed by atoms with van der Waals surface area (Å²) >= 11 is 0. The van der Waals surface area contributed by atoms with E-state index in [-0.39, 0.29) is 24.0 Å². The first-order valence-electron chi connectivity index (χ1n) is 7.72. The number of hydrogen-bond donors (Lipinski definition) is 3. The van der Waals surface area contributed by atoms with Crippen LogP contribution in [0.3, 0.4) is 0 Å². The second kappa shape index (κ2) is 8.12. The van der Waals surface area contributed by atoms with Gasteiger partial charge in [0, 0.05) is 12.1 Å². The number of hydrogen-bond acceptors (Lipinski definition) is 2. The smallest absolute Gasteiger partial charge is 0.315 e. The molecule has 5 nitrogen and oxygen atoms in total. The zero-order chi connectivity index (χ0) is 15.1. The summed E-state index contributed by atoms with van der Waals surface area (Å²) in [6.07, 6.45) is 4.92. The van der Waals surface area contributed by atoms with Gasteiger partial charge in [-0.2, -0.15) is 0 Å². The van der Waals surface area contributed by atoms with Gasteiger partial charge in [-0.25, -0.2) is 4.79 Å². The van der Waals surface area contributed by atoms with E-state index in [1.54, 1.807) is 0 Å². The summed E-state index contributed by atoms with van der Waals surface area (Å²) < 4.78 is 0. The number of aliphatic carboxylic acids is 1. The van der Waals surface area contributed by atoms with Gasteiger partial charge >= 0.3 is 12.0 Å². The molecule has 0 saturated heterocycles. The maximum atomic E-state index is 11.9. The van der Waals surface area contributed by atoms with Crippen molar-refractivity contribution in [3.63, 3.8) is 0 Å². The summed E-state index contributed by atoms with van der Waals surface area (Å²) in [7, 11) is 0. The Morgan fingerprint density at radius 2 is 1.80 bits per heavy atom. The molecule has 116 valence electrons. The van der Waals surface area contributed by atoms with Crippen LogP contribution in [0.5, 0.6) is 0 Å². The van der Waals surface area contributed by atoms with E-state index < -0.39 is 5.97 Å². The third kappa shape index (κ3) is 5.80. The van der Waals surface area contributed by atoms with Crippen LogP contribution in [0.4, 0.5) is 4.79 Å². The number of carbonyl (C=O) groups is 2. The molecular formula is C15H28N2O3. The molecule has 3 N–H and O–H groups in total. The van der Waals surface area contributed by atoms with Crippen molar-refractivity contribution in [2.45, 2.75) is 71.4 Å². The van der Waals surface area contributed by atoms with Crippen molar-refractivity contribution in [3.05, 3.63) is 0 Å². The molecule has 0 spiro atoms. The quantitative estimate of drug-likeness (QED) is 0.701. The summed E-state index contributed by atoms with van der Waals surface area (Å²) in [5, 5.41) is 14.9. The van der Waals surface area contributed by atoms with Crippen LogP contribution in [0, 0.1) is 11.8 Å². The minimum Gasteiger partial charge on any atom is -0.481 e. The molecular weight excluding hydrogens is 256 g/mol. The first-order valence-corrected chi connectivity index (χ1v) is 7.72. The van der Waals surface area contributed by atoms with E-state index in [1.807, 2.05) is 6.92 Å². The lowest BCUT2D eigenvalue weighted by Gasteiger charge is -2.27. The minimum absolute atomic E-state index is 0.112. The van der Waals surface area contributed by atoms with Crippen molar-refractivity contribution in [1.82, 2.24) is 10.6 Å². The molecule has 2 atom stereocenters. The fraction of sp³-hybridized carbons (Fsp3) is 0.867. The molecule has 1 aliphatic rings. The number of urea groups is 1. The van der Waals surface area contributed by atoms with Crippen LogP contribution in [-0.4, -0.2) is 29.2 Å². The molecule has 1 saturated carbocycles. The Morgan fingerprint density at radius 1 is 1.20 bits per heavy atom. The number of carboxylic acid groups (broad SMARTS) is 1. The van der Waals surface area contributed by atoms with E-state index in [4.69, 9.17) is 5.11 Å². The van der Waals surface area contributed by atoms with Crippen LogP contribution < -0.4 is 10.6 Å². The second-order valence-electron chi connectivity index (χ2n) is 6.15. The fourth-order valence-corrected chi connectivity index (χ4v) is 2.76. The Kier molecular flexibility index (Phi) is 6.82. The van der Waals surface area contributed by atoms with Gasteiger partial charge in [-0.3, -0.25) is 4.79 Å². The lowest BCUT2D eigenvalue weighted by atomic mass is 9.86. The Hall–Kier alpha value is -1.26. The third-order valence-electron chi connectivity index (χ3n) is 4.24. The first kappa shape index (κ1) is 16.8. The van der Waals surface area contributed by atoms with Crippen LogP contribution in [-0.2, 0) is 4.79 Å². The molecule has 1 fully saturated rings. The van der Waals surface area contributed by atoms with Gasteiger partial charge in [0.1, 0.15) is 0 Å². The molecule has 1 rings (SSSR count). The highest BCUT2D eigenvalue weighted by molar-refractivity contribution is 5.74. The summed E-state index contributed by atoms with van der Waals surface area (Å²) in [5.41, 5.74) is 0. The van der Waals surface area contributed by atoms with Gasteiger partial charge in [0.2, 0.25) is 0 Å². The Bertz CT molecular complexity index is 325. The minimum atomic E-state index is -0.713. The predicted molar refractivity (Wildman–Crippen MR) is 78.6 cm³/mol. The highest BCUT2D eigenvalue weighted by Crippen LogP contribution is 2.24. The van der Waals surface area contributed by atoms with Crippen molar-refractivity contribution in [3.8, 4) is 0 Å². The molecule has 2 unspecified atom stereocenters. The number of carboxylic acids is 1. The first-order chi connectivity index (χ1) is 9.42. The Morgan fingerprint density at radius 3 is 2.30 bits per heavy atom. The van der Waals surface area contributed by atoms with E-state index in [0.717, 1.165) is 25.7 Å². The standard InChI is InChI=1S/C15H28N2O3/c1-4-10(2)9-11(3)16-15(20)17-13-7-5-12(6-8-13)14(18)19/h10-13H,4-9H2,1-3H3,(H,18,19)(H2,16,17,20). The predicted octanol–water partition coefficient (Wildman–Crippen LogP) is 2.75. The molecule has 0 heterocycles. The Balaban J connectivity index is 2.24. The van der Waals surface area contributed by atoms with Crippen molar-refractivity contribution in [2.24, 2.45) is 11.8 Å². The lowest BCUT2D eigenvalue weighted by Crippen LogP contribution is -2.47. The monoisotopic (exact) mass is 284 g/mol. The molecule has 0 aliphatic heterocycles. The van der Waals surface area contributed by atoms with Crippen LogP contribution in [0.25, 0.3) is 0 Å². The summed E-state index contributed by atoms with van der Waals surface area (Å²) in [6, 6.07) is 0.154. The van der Waals surface area contributed by atoms with Gasteiger partial charge in [-0.05, 0) is 44.9 Å². The molecule has 0 aromatic carbocycles. The van der Waals surface area contributed by atoms with Gasteiger partial charge in [-0.1, -0.05) is 20.3 Å². The Labute approximate surface area is 121 Å². The fourth-order valence-electron chi connectivity index (χ4n) is 2.76. The number of rotatable bonds is 6. The molecule has 0 aromatic heterocycles. The molecule has 1 aliphatic carbocycles. The SMILES string of the molecule is CCC(C)CC(C)NC(=O)NC1CCC(C(=O)O)CC1. The normalized spacial score (nSPS) is 25.6. The largest absolute Gasteiger partial charge is 0.481 e. The summed E-state index contributed by atoms with van der Waals surface area (Å²) in [4.78, 5) is 22.7. The van der Waals surface area contributed by atoms with Gasteiger partial charge in [-0.15, -0.1) is 0 Å². The van der Waals surface area contributed by atoms with Gasteiger partial charge in [0.05, 0.1) is 5.92 Å². The van der Waals surface area contributed by atoms with Gasteiger partial charge in [0.15, 0.2) is 0 Å². The third-order valence-corrected chi connectivity index (χ3v) is 4.24. The molecule has 20 heavy (non-hydrogen) atoms. The highest BCUT2D eigenvalue weighted by Gasteiger charge is 2.26. The molecule has 0 radical (unpaired) electrons. The number of carbonyl (C=O) groups excluding carboxylic acids is 1. The number of nitrogens with one attached hydrogen (secondary N) is 2. The van der Waals surface area contributed by atoms with Crippen molar-refractivity contribution in [1.29, 1.82) is 0 Å². The lowest BCUT2D eigenvalue weighted by molar-refractivity contribution is -0.142. The van der Waals surface area contributed by atoms with Crippen molar-refractivity contribution >= 4 is 12.0 Å². The van der Waals surface area contributed by atoms with E-state index >= 15 is 0 Å². The average Bonchev–Trinajstić information content (AvgIpc) is 2.38. The van der Waals surface area contributed by atoms with Crippen molar-refractivity contribution in [2.75, 3.05) is 0 Å². The number of amides is 2. The van der Waals surface area contributed by atoms with Crippen LogP contribution in [0.2, 0.25) is 0 Å². The van der Waals surface area contributed by atoms with Crippen LogP contribution in [0.1, 0.15) is 59.3 Å². The van der Waals surface area contributed by atoms with Gasteiger partial charge < -0.3 is 15.7 Å². The van der Waals surface area contributed by atoms with Gasteiger partial charge in [0.25, 0.3) is 0 Å². The molecule has 5 heteroatoms. The average molecular weight is 284 g/mol. The zero-order valence-electron chi connectivity index (χ0n) is 12.8. The van der Waals surface area contributed by atoms with Crippen LogP contribution in [0.15, 0.2) is 0 Å². The maximum Gasteiger partial charge on any atom is 0.315 e. The molecule has 0 bridgehead atoms. The summed E-state index contributed by atoms with van der Waals surface area (Å²) in [6.45, 7) is 6.36. The van der Waals surface area contributed by atoms with E-state index in [9.17, 15) is 9.59 Å². The zero-order valence-corrected chi connectivity index (χ0v) is 12.8. The molecule has 2 amide bonds. The van der Waals surface area contributed by atoms with Crippen LogP contribution >= 0.6 is 0 Å². The van der Waals surface area contributed by atoms with E-state index in [0.29, 0.717) is 18.8 Å². The highest BCUT2D eigenvalue weighted by atomic mass is 16.4. The van der Waals surface area contributed by atoms with E-state index in [2.05, 4.69) is 24.5 Å². The van der Waals surface area contributed by atoms with Crippen molar-refractivity contribution < 1.29 is 14.7 Å². The summed E-state index contributed by atoms with van der Waals surface area (Å²) in [5.74, 6) is -0.341. The topological polar surface area (TPSA) is 78.4 Å². The van der Waals surface area contributed by atoms with E-state index in [1.165, 1.54) is 0 Å². The second-order valence-corrected chi connectivity index (χ2v) is 6.15. The maximum absolute atomic E-state index is 11.9. The molecule has 0 aromatic rings.